The van der Waals surface area contributed by atoms with Crippen LogP contribution in [0, 0.1) is 0 Å². The number of hydrogen-bond donors (Lipinski definition) is 1. The monoisotopic (exact) mass is 280 g/mol. The first-order valence-corrected chi connectivity index (χ1v) is 7.26. The molecule has 0 aromatic carbocycles. The Labute approximate surface area is 112 Å². The van der Waals surface area contributed by atoms with Crippen molar-refractivity contribution in [3.63, 3.8) is 0 Å². The number of pyridine rings is 1. The van der Waals surface area contributed by atoms with Crippen LogP contribution < -0.4 is 4.72 Å². The van der Waals surface area contributed by atoms with E-state index in [2.05, 4.69) is 14.8 Å². The van der Waals surface area contributed by atoms with Crippen molar-refractivity contribution >= 4 is 10.0 Å². The second kappa shape index (κ2) is 4.75. The van der Waals surface area contributed by atoms with Gasteiger partial charge in [-0.1, -0.05) is 6.07 Å². The highest BCUT2D eigenvalue weighted by atomic mass is 32.2. The molecular formula is C12H16N4O2S. The normalized spacial score (nSPS) is 12.6. The number of nitrogens with zero attached hydrogens (tertiary/aromatic N) is 3. The average molecular weight is 280 g/mol. The molecule has 0 saturated heterocycles. The van der Waals surface area contributed by atoms with Gasteiger partial charge in [0.1, 0.15) is 4.90 Å². The van der Waals surface area contributed by atoms with E-state index in [1.165, 1.54) is 17.1 Å². The van der Waals surface area contributed by atoms with Gasteiger partial charge < -0.3 is 0 Å². The van der Waals surface area contributed by atoms with E-state index in [1.807, 2.05) is 6.07 Å². The molecule has 0 atom stereocenters. The molecule has 0 radical (unpaired) electrons. The summed E-state index contributed by atoms with van der Waals surface area (Å²) in [5, 5.41) is 4.02. The first-order valence-electron chi connectivity index (χ1n) is 5.78. The van der Waals surface area contributed by atoms with Gasteiger partial charge in [-0.15, -0.1) is 0 Å². The summed E-state index contributed by atoms with van der Waals surface area (Å²) in [5.41, 5.74) is -0.536. The Hall–Kier alpha value is -1.73. The van der Waals surface area contributed by atoms with E-state index < -0.39 is 15.6 Å². The fourth-order valence-electron chi connectivity index (χ4n) is 1.52. The molecule has 19 heavy (non-hydrogen) atoms. The average Bonchev–Trinajstić information content (AvgIpc) is 2.77. The quantitative estimate of drug-likeness (QED) is 0.920. The van der Waals surface area contributed by atoms with Gasteiger partial charge >= 0.3 is 0 Å². The van der Waals surface area contributed by atoms with Gasteiger partial charge in [0.15, 0.2) is 5.82 Å². The first-order chi connectivity index (χ1) is 8.78. The zero-order valence-corrected chi connectivity index (χ0v) is 11.8. The number of nitrogens with one attached hydrogen (secondary N) is 1. The Morgan fingerprint density at radius 3 is 2.58 bits per heavy atom. The van der Waals surface area contributed by atoms with E-state index in [0.717, 1.165) is 0 Å². The number of sulfonamides is 1. The van der Waals surface area contributed by atoms with Crippen LogP contribution in [0.2, 0.25) is 0 Å². The standard InChI is InChI=1S/C12H16N4O2S/c1-12(2,3)15-19(17,18)10-8-14-16(9-10)11-6-4-5-7-13-11/h4-9,15H,1-3H3. The maximum absolute atomic E-state index is 12.1. The fraction of sp³-hybridized carbons (Fsp3) is 0.333. The third-order valence-corrected chi connectivity index (χ3v) is 3.91. The molecule has 1 N–H and O–H groups in total. The van der Waals surface area contributed by atoms with Crippen LogP contribution in [-0.2, 0) is 10.0 Å². The molecule has 2 aromatic heterocycles. The lowest BCUT2D eigenvalue weighted by Crippen LogP contribution is -2.40. The second-order valence-corrected chi connectivity index (χ2v) is 6.85. The van der Waals surface area contributed by atoms with Crippen LogP contribution in [0.1, 0.15) is 20.8 Å². The van der Waals surface area contributed by atoms with Gasteiger partial charge in [-0.3, -0.25) is 0 Å². The van der Waals surface area contributed by atoms with Crippen molar-refractivity contribution in [1.82, 2.24) is 19.5 Å². The topological polar surface area (TPSA) is 76.9 Å². The van der Waals surface area contributed by atoms with Gasteiger partial charge in [-0.2, -0.15) is 5.10 Å². The third-order valence-electron chi connectivity index (χ3n) is 2.19. The van der Waals surface area contributed by atoms with Crippen LogP contribution in [0.15, 0.2) is 41.7 Å². The van der Waals surface area contributed by atoms with Crippen molar-refractivity contribution < 1.29 is 8.42 Å². The van der Waals surface area contributed by atoms with Crippen LogP contribution in [0.25, 0.3) is 5.82 Å². The first kappa shape index (κ1) is 13.7. The summed E-state index contributed by atoms with van der Waals surface area (Å²) in [4.78, 5) is 4.22. The number of rotatable bonds is 3. The highest BCUT2D eigenvalue weighted by Crippen LogP contribution is 2.13. The molecule has 6 nitrogen and oxygen atoms in total. The molecule has 0 fully saturated rings. The summed E-state index contributed by atoms with van der Waals surface area (Å²) in [6.45, 7) is 5.36. The molecule has 0 amide bonds. The summed E-state index contributed by atoms with van der Waals surface area (Å²) in [6, 6.07) is 5.35. The fourth-order valence-corrected chi connectivity index (χ4v) is 2.87. The summed E-state index contributed by atoms with van der Waals surface area (Å²) in [7, 11) is -3.57. The van der Waals surface area contributed by atoms with Gasteiger partial charge in [0, 0.05) is 11.7 Å². The van der Waals surface area contributed by atoms with Crippen molar-refractivity contribution in [2.45, 2.75) is 31.2 Å². The molecule has 7 heteroatoms. The second-order valence-electron chi connectivity index (χ2n) is 5.16. The van der Waals surface area contributed by atoms with E-state index in [9.17, 15) is 8.42 Å². The minimum absolute atomic E-state index is 0.119. The predicted molar refractivity (Wildman–Crippen MR) is 71.4 cm³/mol. The van der Waals surface area contributed by atoms with Gasteiger partial charge in [0.25, 0.3) is 0 Å². The van der Waals surface area contributed by atoms with Gasteiger partial charge in [-0.25, -0.2) is 22.8 Å². The molecule has 2 rings (SSSR count). The van der Waals surface area contributed by atoms with Crippen LogP contribution in [0.5, 0.6) is 0 Å². The molecule has 0 saturated carbocycles. The molecule has 0 aliphatic carbocycles. The van der Waals surface area contributed by atoms with Crippen LogP contribution >= 0.6 is 0 Å². The number of aromatic nitrogens is 3. The molecular weight excluding hydrogens is 264 g/mol. The van der Waals surface area contributed by atoms with Gasteiger partial charge in [0.2, 0.25) is 10.0 Å². The molecule has 0 aliphatic rings. The lowest BCUT2D eigenvalue weighted by molar-refractivity contribution is 0.491. The van der Waals surface area contributed by atoms with E-state index in [-0.39, 0.29) is 4.90 Å². The lowest BCUT2D eigenvalue weighted by Gasteiger charge is -2.19. The lowest BCUT2D eigenvalue weighted by atomic mass is 10.1. The van der Waals surface area contributed by atoms with Crippen LogP contribution in [0.3, 0.4) is 0 Å². The SMILES string of the molecule is CC(C)(C)NS(=O)(=O)c1cnn(-c2ccccn2)c1. The van der Waals surface area contributed by atoms with E-state index in [0.29, 0.717) is 5.82 Å². The third kappa shape index (κ3) is 3.39. The zero-order chi connectivity index (χ0) is 14.1. The van der Waals surface area contributed by atoms with E-state index in [1.54, 1.807) is 39.1 Å². The van der Waals surface area contributed by atoms with Crippen LogP contribution in [0.4, 0.5) is 0 Å². The van der Waals surface area contributed by atoms with Crippen molar-refractivity contribution in [3.8, 4) is 5.82 Å². The van der Waals surface area contributed by atoms with Gasteiger partial charge in [-0.05, 0) is 32.9 Å². The molecule has 0 spiro atoms. The van der Waals surface area contributed by atoms with Gasteiger partial charge in [0.05, 0.1) is 12.4 Å². The Kier molecular flexibility index (Phi) is 3.42. The van der Waals surface area contributed by atoms with E-state index in [4.69, 9.17) is 0 Å². The van der Waals surface area contributed by atoms with Crippen molar-refractivity contribution in [2.75, 3.05) is 0 Å². The Morgan fingerprint density at radius 2 is 2.00 bits per heavy atom. The van der Waals surface area contributed by atoms with E-state index >= 15 is 0 Å². The Balaban J connectivity index is 2.32. The van der Waals surface area contributed by atoms with Crippen molar-refractivity contribution in [3.05, 3.63) is 36.8 Å². The minimum atomic E-state index is -3.57. The summed E-state index contributed by atoms with van der Waals surface area (Å²) < 4.78 is 28.2. The number of hydrogen-bond acceptors (Lipinski definition) is 4. The maximum atomic E-state index is 12.1. The Morgan fingerprint density at radius 1 is 1.26 bits per heavy atom. The molecule has 2 aromatic rings. The summed E-state index contributed by atoms with van der Waals surface area (Å²) >= 11 is 0. The van der Waals surface area contributed by atoms with Crippen LogP contribution in [-0.4, -0.2) is 28.7 Å². The molecule has 2 heterocycles. The minimum Gasteiger partial charge on any atom is -0.237 e. The molecule has 0 aliphatic heterocycles. The molecule has 0 bridgehead atoms. The molecule has 0 unspecified atom stereocenters. The van der Waals surface area contributed by atoms with Crippen molar-refractivity contribution in [1.29, 1.82) is 0 Å². The smallest absolute Gasteiger partial charge is 0.237 e. The highest BCUT2D eigenvalue weighted by molar-refractivity contribution is 7.89. The summed E-state index contributed by atoms with van der Waals surface area (Å²) in [5.74, 6) is 0.569. The summed E-state index contributed by atoms with van der Waals surface area (Å²) in [6.07, 6.45) is 4.37. The van der Waals surface area contributed by atoms with Crippen molar-refractivity contribution in [2.24, 2.45) is 0 Å². The Bertz CT molecular complexity index is 657. The predicted octanol–water partition coefficient (Wildman–Crippen LogP) is 1.34. The zero-order valence-electron chi connectivity index (χ0n) is 11.0. The highest BCUT2D eigenvalue weighted by Gasteiger charge is 2.23. The largest absolute Gasteiger partial charge is 0.244 e. The molecule has 102 valence electrons. The maximum Gasteiger partial charge on any atom is 0.244 e.